The van der Waals surface area contributed by atoms with Gasteiger partial charge in [-0.05, 0) is 49.6 Å². The summed E-state index contributed by atoms with van der Waals surface area (Å²) in [6.07, 6.45) is 1.98. The topological polar surface area (TPSA) is 28.2 Å². The van der Waals surface area contributed by atoms with Gasteiger partial charge in [0.25, 0.3) is 0 Å². The van der Waals surface area contributed by atoms with Gasteiger partial charge in [-0.15, -0.1) is 11.8 Å². The normalized spacial score (nSPS) is 15.6. The van der Waals surface area contributed by atoms with Crippen LogP contribution in [0.25, 0.3) is 0 Å². The Balaban J connectivity index is 0.000000924. The van der Waals surface area contributed by atoms with Crippen LogP contribution >= 0.6 is 11.8 Å². The summed E-state index contributed by atoms with van der Waals surface area (Å²) < 4.78 is 0. The number of nitrogens with zero attached hydrogens (tertiary/aromatic N) is 2. The van der Waals surface area contributed by atoms with Crippen molar-refractivity contribution in [3.8, 4) is 0 Å². The smallest absolute Gasteiger partial charge is 0.148 e. The lowest BCUT2D eigenvalue weighted by molar-refractivity contribution is 0.966. The highest BCUT2D eigenvalue weighted by atomic mass is 32.2. The molecule has 0 spiro atoms. The number of nitrogens with one attached hydrogen (secondary N) is 1. The van der Waals surface area contributed by atoms with Crippen LogP contribution in [0, 0.1) is 20.8 Å². The molecule has 0 amide bonds. The van der Waals surface area contributed by atoms with E-state index in [9.17, 15) is 0 Å². The van der Waals surface area contributed by atoms with Crippen LogP contribution in [0.1, 0.15) is 36.2 Å². The number of hydrogen-bond donors (Lipinski definition) is 1. The van der Waals surface area contributed by atoms with Crippen LogP contribution in [-0.2, 0) is 5.75 Å². The molecule has 0 aliphatic carbocycles. The van der Waals surface area contributed by atoms with E-state index in [0.29, 0.717) is 0 Å². The summed E-state index contributed by atoms with van der Waals surface area (Å²) in [7, 11) is 2.14. The molecule has 1 aromatic heterocycles. The van der Waals surface area contributed by atoms with E-state index >= 15 is 0 Å². The number of aryl methyl sites for hydroxylation is 1. The van der Waals surface area contributed by atoms with E-state index in [1.54, 1.807) is 0 Å². The van der Waals surface area contributed by atoms with Crippen LogP contribution in [-0.4, -0.2) is 17.5 Å². The lowest BCUT2D eigenvalue weighted by Gasteiger charge is -2.21. The number of hydrogen-bond acceptors (Lipinski definition) is 4. The summed E-state index contributed by atoms with van der Waals surface area (Å²) in [5.74, 6) is 0.920. The lowest BCUT2D eigenvalue weighted by atomic mass is 10.1. The Labute approximate surface area is 144 Å². The third-order valence-corrected chi connectivity index (χ3v) is 5.48. The van der Waals surface area contributed by atoms with E-state index in [1.807, 2.05) is 31.8 Å². The van der Waals surface area contributed by atoms with E-state index in [1.165, 1.54) is 33.8 Å². The van der Waals surface area contributed by atoms with Crippen molar-refractivity contribution < 1.29 is 0 Å². The van der Waals surface area contributed by atoms with Gasteiger partial charge in [-0.1, -0.05) is 26.0 Å². The first-order valence-corrected chi connectivity index (χ1v) is 9.24. The molecule has 1 atom stereocenters. The number of aromatic nitrogens is 1. The molecule has 0 fully saturated rings. The molecule has 1 unspecified atom stereocenters. The van der Waals surface area contributed by atoms with Crippen LogP contribution in [0.2, 0.25) is 0 Å². The zero-order valence-electron chi connectivity index (χ0n) is 15.0. The average molecular weight is 330 g/mol. The summed E-state index contributed by atoms with van der Waals surface area (Å²) in [6.45, 7) is 10.5. The van der Waals surface area contributed by atoms with Gasteiger partial charge in [-0.2, -0.15) is 0 Å². The van der Waals surface area contributed by atoms with Crippen molar-refractivity contribution >= 4 is 23.1 Å². The first-order valence-electron chi connectivity index (χ1n) is 8.19. The molecule has 3 nitrogen and oxygen atoms in total. The molecule has 0 saturated carbocycles. The molecule has 1 aliphatic heterocycles. The Morgan fingerprint density at radius 2 is 1.83 bits per heavy atom. The van der Waals surface area contributed by atoms with Crippen LogP contribution in [0.4, 0.5) is 11.4 Å². The molecule has 0 radical (unpaired) electrons. The number of thioether (sulfide) groups is 1. The van der Waals surface area contributed by atoms with Gasteiger partial charge in [0.2, 0.25) is 0 Å². The zero-order chi connectivity index (χ0) is 17.0. The first-order chi connectivity index (χ1) is 11.1. The van der Waals surface area contributed by atoms with Crippen LogP contribution in [0.3, 0.4) is 0 Å². The van der Waals surface area contributed by atoms with Crippen molar-refractivity contribution in [3.05, 3.63) is 52.8 Å². The number of pyridine rings is 1. The zero-order valence-corrected chi connectivity index (χ0v) is 15.8. The fourth-order valence-electron chi connectivity index (χ4n) is 2.60. The number of anilines is 2. The monoisotopic (exact) mass is 329 g/mol. The molecule has 2 aromatic rings. The fraction of sp³-hybridized carbons (Fsp3) is 0.421. The van der Waals surface area contributed by atoms with Gasteiger partial charge in [0.05, 0.1) is 17.1 Å². The predicted octanol–water partition coefficient (Wildman–Crippen LogP) is 5.11. The second kappa shape index (κ2) is 7.73. The largest absolute Gasteiger partial charge is 0.355 e. The Hall–Kier alpha value is -1.68. The summed E-state index contributed by atoms with van der Waals surface area (Å²) in [5.41, 5.74) is 7.88. The van der Waals surface area contributed by atoms with Gasteiger partial charge in [0.1, 0.15) is 5.50 Å². The van der Waals surface area contributed by atoms with Crippen molar-refractivity contribution in [2.24, 2.45) is 0 Å². The van der Waals surface area contributed by atoms with Crippen molar-refractivity contribution in [1.82, 2.24) is 4.98 Å². The molecular weight excluding hydrogens is 302 g/mol. The minimum atomic E-state index is 0.269. The van der Waals surface area contributed by atoms with Gasteiger partial charge in [-0.25, -0.2) is 0 Å². The summed E-state index contributed by atoms with van der Waals surface area (Å²) in [4.78, 5) is 6.89. The second-order valence-corrected chi connectivity index (χ2v) is 6.64. The molecule has 124 valence electrons. The molecule has 0 bridgehead atoms. The maximum Gasteiger partial charge on any atom is 0.148 e. The quantitative estimate of drug-likeness (QED) is 0.847. The van der Waals surface area contributed by atoms with Gasteiger partial charge in [0.15, 0.2) is 0 Å². The Morgan fingerprint density at radius 3 is 2.52 bits per heavy atom. The Kier molecular flexibility index (Phi) is 5.94. The third-order valence-electron chi connectivity index (χ3n) is 4.29. The van der Waals surface area contributed by atoms with E-state index in [-0.39, 0.29) is 5.50 Å². The molecule has 2 heterocycles. The molecule has 0 saturated heterocycles. The molecule has 1 N–H and O–H groups in total. The number of para-hydroxylation sites is 2. The van der Waals surface area contributed by atoms with Crippen LogP contribution < -0.4 is 10.2 Å². The van der Waals surface area contributed by atoms with Gasteiger partial charge in [-0.3, -0.25) is 4.98 Å². The molecule has 1 aromatic carbocycles. The Morgan fingerprint density at radius 1 is 1.13 bits per heavy atom. The summed E-state index contributed by atoms with van der Waals surface area (Å²) in [6, 6.07) is 8.44. The molecule has 1 aliphatic rings. The van der Waals surface area contributed by atoms with Gasteiger partial charge >= 0.3 is 0 Å². The lowest BCUT2D eigenvalue weighted by Crippen LogP contribution is -2.29. The summed E-state index contributed by atoms with van der Waals surface area (Å²) >= 11 is 1.88. The minimum Gasteiger partial charge on any atom is -0.355 e. The van der Waals surface area contributed by atoms with Crippen molar-refractivity contribution in [1.29, 1.82) is 0 Å². The summed E-state index contributed by atoms with van der Waals surface area (Å²) in [5, 5.41) is 3.56. The standard InChI is InChI=1S/C17H21N3S.C2H6/c1-11-9-18-15(13(3)12(11)2)10-21-17-19-14-7-5-6-8-16(14)20(17)4;1-2/h5-9,17,19H,10H2,1-4H3;1-2H3. The third kappa shape index (κ3) is 3.63. The highest BCUT2D eigenvalue weighted by Crippen LogP contribution is 2.37. The number of fused-ring (bicyclic) bond motifs is 1. The molecule has 4 heteroatoms. The van der Waals surface area contributed by atoms with E-state index in [0.717, 1.165) is 5.75 Å². The molecular formula is C19H27N3S. The predicted molar refractivity (Wildman–Crippen MR) is 103 cm³/mol. The van der Waals surface area contributed by atoms with E-state index < -0.39 is 0 Å². The Bertz CT molecular complexity index is 670. The van der Waals surface area contributed by atoms with E-state index in [2.05, 4.69) is 67.3 Å². The van der Waals surface area contributed by atoms with Crippen LogP contribution in [0.15, 0.2) is 30.5 Å². The second-order valence-electron chi connectivity index (χ2n) is 5.57. The average Bonchev–Trinajstić information content (AvgIpc) is 2.90. The van der Waals surface area contributed by atoms with E-state index in [4.69, 9.17) is 0 Å². The van der Waals surface area contributed by atoms with Crippen LogP contribution in [0.5, 0.6) is 0 Å². The molecule has 3 rings (SSSR count). The first kappa shape index (κ1) is 17.7. The number of benzene rings is 1. The maximum atomic E-state index is 4.61. The SMILES string of the molecule is CC.Cc1cnc(CSC2Nc3ccccc3N2C)c(C)c1C. The minimum absolute atomic E-state index is 0.269. The van der Waals surface area contributed by atoms with Crippen molar-refractivity contribution in [2.75, 3.05) is 17.3 Å². The van der Waals surface area contributed by atoms with Crippen molar-refractivity contribution in [3.63, 3.8) is 0 Å². The number of rotatable bonds is 3. The highest BCUT2D eigenvalue weighted by molar-refractivity contribution is 7.99. The molecule has 23 heavy (non-hydrogen) atoms. The fourth-order valence-corrected chi connectivity index (χ4v) is 3.75. The van der Waals surface area contributed by atoms with Crippen molar-refractivity contribution in [2.45, 2.75) is 45.9 Å². The maximum absolute atomic E-state index is 4.61. The van der Waals surface area contributed by atoms with Gasteiger partial charge in [0, 0.05) is 19.0 Å². The van der Waals surface area contributed by atoms with Gasteiger partial charge < -0.3 is 10.2 Å². The highest BCUT2D eigenvalue weighted by Gasteiger charge is 2.25.